The summed E-state index contributed by atoms with van der Waals surface area (Å²) in [6.45, 7) is 0.843. The normalized spacial score (nSPS) is 19.9. The van der Waals surface area contributed by atoms with Gasteiger partial charge >= 0.3 is 5.56 Å². The number of hydrogen-bond donors (Lipinski definition) is 1. The predicted molar refractivity (Wildman–Crippen MR) is 80.6 cm³/mol. The fourth-order valence-electron chi connectivity index (χ4n) is 2.35. The van der Waals surface area contributed by atoms with Crippen molar-refractivity contribution in [1.82, 2.24) is 18.1 Å². The van der Waals surface area contributed by atoms with E-state index in [1.165, 1.54) is 25.0 Å². The molecule has 1 fully saturated rings. The van der Waals surface area contributed by atoms with Gasteiger partial charge in [-0.25, -0.2) is 8.58 Å². The van der Waals surface area contributed by atoms with E-state index in [1.807, 2.05) is 16.3 Å². The van der Waals surface area contributed by atoms with Crippen molar-refractivity contribution in [3.05, 3.63) is 16.7 Å². The van der Waals surface area contributed by atoms with Crippen molar-refractivity contribution in [1.29, 1.82) is 0 Å². The molecule has 1 atom stereocenters. The summed E-state index contributed by atoms with van der Waals surface area (Å²) in [6, 6.07) is 0. The maximum Gasteiger partial charge on any atom is 0.302 e. The van der Waals surface area contributed by atoms with Crippen molar-refractivity contribution in [2.45, 2.75) is 31.1 Å². The standard InChI is InChI=1S/C11H14BrN5OS/c12-17-10-8(9(18)15-11(17)13)14-6-16(10)5-7-3-1-2-4-19-7/h6-7H,1-5H2,(H2,13,15,18). The molecule has 0 amide bonds. The molecule has 3 heterocycles. The van der Waals surface area contributed by atoms with E-state index in [0.717, 1.165) is 6.54 Å². The Bertz CT molecular complexity index is 661. The number of aromatic nitrogens is 4. The lowest BCUT2D eigenvalue weighted by Gasteiger charge is -2.21. The molecule has 0 radical (unpaired) electrons. The molecule has 1 unspecified atom stereocenters. The quantitative estimate of drug-likeness (QED) is 0.896. The van der Waals surface area contributed by atoms with Crippen LogP contribution in [-0.2, 0) is 6.54 Å². The van der Waals surface area contributed by atoms with Crippen LogP contribution in [0.2, 0.25) is 0 Å². The maximum absolute atomic E-state index is 11.8. The van der Waals surface area contributed by atoms with Gasteiger partial charge in [0.2, 0.25) is 5.95 Å². The molecule has 6 nitrogen and oxygen atoms in total. The highest BCUT2D eigenvalue weighted by Crippen LogP contribution is 2.27. The van der Waals surface area contributed by atoms with Gasteiger partial charge in [-0.15, -0.1) is 0 Å². The number of fused-ring (bicyclic) bond motifs is 1. The summed E-state index contributed by atoms with van der Waals surface area (Å²) in [5.74, 6) is 1.36. The number of rotatable bonds is 2. The highest BCUT2D eigenvalue weighted by atomic mass is 79.9. The minimum atomic E-state index is -0.377. The molecule has 0 aliphatic carbocycles. The summed E-state index contributed by atoms with van der Waals surface area (Å²) in [4.78, 5) is 19.6. The molecule has 0 aromatic carbocycles. The monoisotopic (exact) mass is 343 g/mol. The Labute approximate surface area is 122 Å². The molecular formula is C11H14BrN5OS. The number of nitrogen functional groups attached to an aromatic ring is 1. The number of imidazole rings is 1. The summed E-state index contributed by atoms with van der Waals surface area (Å²) in [5, 5.41) is 0.572. The third kappa shape index (κ3) is 2.38. The van der Waals surface area contributed by atoms with Crippen molar-refractivity contribution >= 4 is 45.0 Å². The summed E-state index contributed by atoms with van der Waals surface area (Å²) in [7, 11) is 0. The average molecular weight is 344 g/mol. The van der Waals surface area contributed by atoms with Crippen LogP contribution >= 0.6 is 27.9 Å². The van der Waals surface area contributed by atoms with E-state index >= 15 is 0 Å². The zero-order valence-electron chi connectivity index (χ0n) is 10.3. The van der Waals surface area contributed by atoms with Crippen LogP contribution in [-0.4, -0.2) is 29.1 Å². The second kappa shape index (κ2) is 5.16. The van der Waals surface area contributed by atoms with Crippen LogP contribution in [0.4, 0.5) is 5.95 Å². The second-order valence-corrected chi connectivity index (χ2v) is 6.73. The molecule has 3 rings (SSSR count). The summed E-state index contributed by atoms with van der Waals surface area (Å²) >= 11 is 5.32. The fourth-order valence-corrected chi connectivity index (χ4v) is 4.10. The van der Waals surface area contributed by atoms with Gasteiger partial charge in [0.05, 0.1) is 22.5 Å². The summed E-state index contributed by atoms with van der Waals surface area (Å²) in [5.41, 5.74) is 6.37. The predicted octanol–water partition coefficient (Wildman–Crippen LogP) is 1.62. The van der Waals surface area contributed by atoms with Crippen molar-refractivity contribution < 1.29 is 0 Å². The van der Waals surface area contributed by atoms with Crippen LogP contribution < -0.4 is 11.3 Å². The Hall–Kier alpha value is -1.02. The molecule has 102 valence electrons. The Morgan fingerprint density at radius 2 is 2.37 bits per heavy atom. The number of nitrogens with zero attached hydrogens (tertiary/aromatic N) is 4. The van der Waals surface area contributed by atoms with E-state index in [4.69, 9.17) is 5.73 Å². The summed E-state index contributed by atoms with van der Waals surface area (Å²) in [6.07, 6.45) is 5.47. The number of anilines is 1. The molecule has 2 aromatic heterocycles. The SMILES string of the molecule is Nc1nc(=O)c2ncn(CC3CCCCS3)c2n1Br. The second-order valence-electron chi connectivity index (χ2n) is 4.61. The number of hydrogen-bond acceptors (Lipinski definition) is 5. The van der Waals surface area contributed by atoms with E-state index in [9.17, 15) is 4.79 Å². The number of halogens is 1. The van der Waals surface area contributed by atoms with Crippen LogP contribution in [0.25, 0.3) is 11.2 Å². The molecule has 0 spiro atoms. The van der Waals surface area contributed by atoms with E-state index < -0.39 is 0 Å². The van der Waals surface area contributed by atoms with Crippen LogP contribution in [0.1, 0.15) is 19.3 Å². The molecule has 1 aliphatic rings. The van der Waals surface area contributed by atoms with E-state index in [0.29, 0.717) is 16.4 Å². The molecule has 0 saturated carbocycles. The molecule has 19 heavy (non-hydrogen) atoms. The summed E-state index contributed by atoms with van der Waals surface area (Å²) < 4.78 is 3.52. The first kappa shape index (κ1) is 13.0. The van der Waals surface area contributed by atoms with Gasteiger partial charge in [-0.2, -0.15) is 16.7 Å². The lowest BCUT2D eigenvalue weighted by molar-refractivity contribution is 0.589. The molecule has 0 bridgehead atoms. The minimum absolute atomic E-state index is 0.149. The fraction of sp³-hybridized carbons (Fsp3) is 0.545. The molecule has 1 saturated heterocycles. The van der Waals surface area contributed by atoms with Gasteiger partial charge < -0.3 is 10.3 Å². The first-order valence-corrected chi connectivity index (χ1v) is 7.94. The van der Waals surface area contributed by atoms with Crippen molar-refractivity contribution in [3.8, 4) is 0 Å². The zero-order chi connectivity index (χ0) is 13.4. The van der Waals surface area contributed by atoms with E-state index in [1.54, 1.807) is 9.92 Å². The third-order valence-corrected chi connectivity index (χ3v) is 5.37. The highest BCUT2D eigenvalue weighted by Gasteiger charge is 2.18. The van der Waals surface area contributed by atoms with Gasteiger partial charge in [0, 0.05) is 11.8 Å². The van der Waals surface area contributed by atoms with Crippen molar-refractivity contribution in [3.63, 3.8) is 0 Å². The van der Waals surface area contributed by atoms with Gasteiger partial charge in [-0.1, -0.05) is 6.42 Å². The topological polar surface area (TPSA) is 78.7 Å². The number of nitrogens with two attached hydrogens (primary N) is 1. The van der Waals surface area contributed by atoms with Crippen LogP contribution in [0, 0.1) is 0 Å². The van der Waals surface area contributed by atoms with Gasteiger partial charge in [0.1, 0.15) is 0 Å². The lowest BCUT2D eigenvalue weighted by atomic mass is 10.2. The first-order valence-electron chi connectivity index (χ1n) is 6.18. The largest absolute Gasteiger partial charge is 0.368 e. The molecule has 2 N–H and O–H groups in total. The average Bonchev–Trinajstić information content (AvgIpc) is 2.82. The van der Waals surface area contributed by atoms with Gasteiger partial charge in [0.15, 0.2) is 11.2 Å². The van der Waals surface area contributed by atoms with E-state index in [-0.39, 0.29) is 11.5 Å². The van der Waals surface area contributed by atoms with Crippen molar-refractivity contribution in [2.75, 3.05) is 11.5 Å². The zero-order valence-corrected chi connectivity index (χ0v) is 12.7. The Kier molecular flexibility index (Phi) is 3.53. The Morgan fingerprint density at radius 1 is 1.53 bits per heavy atom. The maximum atomic E-state index is 11.8. The van der Waals surface area contributed by atoms with Crippen LogP contribution in [0.3, 0.4) is 0 Å². The highest BCUT2D eigenvalue weighted by molar-refractivity contribution is 9.08. The minimum Gasteiger partial charge on any atom is -0.368 e. The molecule has 1 aliphatic heterocycles. The van der Waals surface area contributed by atoms with Crippen LogP contribution in [0.15, 0.2) is 11.1 Å². The molecular weight excluding hydrogens is 330 g/mol. The molecule has 8 heteroatoms. The Morgan fingerprint density at radius 3 is 3.11 bits per heavy atom. The first-order chi connectivity index (χ1) is 9.16. The molecule has 2 aromatic rings. The lowest BCUT2D eigenvalue weighted by Crippen LogP contribution is -2.19. The number of thioether (sulfide) groups is 1. The van der Waals surface area contributed by atoms with Gasteiger partial charge in [0.25, 0.3) is 0 Å². The van der Waals surface area contributed by atoms with Gasteiger partial charge in [-0.05, 0) is 18.6 Å². The van der Waals surface area contributed by atoms with Crippen LogP contribution in [0.5, 0.6) is 0 Å². The Balaban J connectivity index is 2.02. The van der Waals surface area contributed by atoms with E-state index in [2.05, 4.69) is 26.1 Å². The van der Waals surface area contributed by atoms with Gasteiger partial charge in [-0.3, -0.25) is 4.79 Å². The third-order valence-electron chi connectivity index (χ3n) is 3.29. The van der Waals surface area contributed by atoms with Crippen molar-refractivity contribution in [2.24, 2.45) is 0 Å². The smallest absolute Gasteiger partial charge is 0.302 e.